The molecule has 21 heavy (non-hydrogen) atoms. The molecule has 1 aliphatic heterocycles. The Bertz CT molecular complexity index is 654. The highest BCUT2D eigenvalue weighted by molar-refractivity contribution is 7.10. The van der Waals surface area contributed by atoms with Crippen molar-refractivity contribution in [2.75, 3.05) is 13.2 Å². The summed E-state index contributed by atoms with van der Waals surface area (Å²) < 4.78 is 11.0. The first-order valence-electron chi connectivity index (χ1n) is 6.69. The molecular formula is C15H16N2O3S. The van der Waals surface area contributed by atoms with Gasteiger partial charge in [0.2, 0.25) is 5.91 Å². The number of carbonyl (C=O) groups excluding carboxylic acids is 1. The summed E-state index contributed by atoms with van der Waals surface area (Å²) in [6, 6.07) is 7.76. The van der Waals surface area contributed by atoms with E-state index < -0.39 is 0 Å². The molecule has 1 aromatic heterocycles. The van der Waals surface area contributed by atoms with E-state index in [1.165, 1.54) is 11.3 Å². The van der Waals surface area contributed by atoms with Gasteiger partial charge in [-0.05, 0) is 23.8 Å². The third kappa shape index (κ3) is 3.34. The minimum atomic E-state index is -0.385. The fraction of sp³-hybridized carbons (Fsp3) is 0.267. The standard InChI is InChI=1S/C15H16N2O3S/c16-15(18)11-6-12(21-9-11)8-17-7-10-1-2-13-14(5-10)20-4-3-19-13/h1-2,5-6,9,17H,3-4,7-8H2,(H2,16,18). The van der Waals surface area contributed by atoms with Crippen molar-refractivity contribution in [3.05, 3.63) is 45.6 Å². The Morgan fingerprint density at radius 3 is 2.76 bits per heavy atom. The van der Waals surface area contributed by atoms with Gasteiger partial charge in [0, 0.05) is 23.3 Å². The molecule has 0 atom stereocenters. The summed E-state index contributed by atoms with van der Waals surface area (Å²) in [5.41, 5.74) is 6.93. The van der Waals surface area contributed by atoms with Crippen LogP contribution in [0.2, 0.25) is 0 Å². The first-order valence-corrected chi connectivity index (χ1v) is 7.57. The number of thiophene rings is 1. The lowest BCUT2D eigenvalue weighted by molar-refractivity contribution is 0.100. The molecule has 6 heteroatoms. The molecule has 0 bridgehead atoms. The molecule has 0 fully saturated rings. The van der Waals surface area contributed by atoms with Crippen molar-refractivity contribution in [3.8, 4) is 11.5 Å². The number of nitrogens with one attached hydrogen (secondary N) is 1. The van der Waals surface area contributed by atoms with Crippen molar-refractivity contribution in [2.45, 2.75) is 13.1 Å². The quantitative estimate of drug-likeness (QED) is 0.885. The minimum Gasteiger partial charge on any atom is -0.486 e. The average molecular weight is 304 g/mol. The Hall–Kier alpha value is -2.05. The zero-order chi connectivity index (χ0) is 14.7. The van der Waals surface area contributed by atoms with Gasteiger partial charge >= 0.3 is 0 Å². The molecule has 2 heterocycles. The summed E-state index contributed by atoms with van der Waals surface area (Å²) in [5.74, 6) is 1.21. The van der Waals surface area contributed by atoms with Crippen LogP contribution in [0.1, 0.15) is 20.8 Å². The van der Waals surface area contributed by atoms with Crippen molar-refractivity contribution < 1.29 is 14.3 Å². The van der Waals surface area contributed by atoms with Crippen LogP contribution in [0.25, 0.3) is 0 Å². The molecular weight excluding hydrogens is 288 g/mol. The van der Waals surface area contributed by atoms with E-state index in [0.29, 0.717) is 25.3 Å². The highest BCUT2D eigenvalue weighted by atomic mass is 32.1. The van der Waals surface area contributed by atoms with Crippen molar-refractivity contribution in [1.82, 2.24) is 5.32 Å². The van der Waals surface area contributed by atoms with Crippen LogP contribution in [-0.2, 0) is 13.1 Å². The monoisotopic (exact) mass is 304 g/mol. The van der Waals surface area contributed by atoms with Gasteiger partial charge in [-0.2, -0.15) is 0 Å². The van der Waals surface area contributed by atoms with E-state index in [-0.39, 0.29) is 5.91 Å². The molecule has 0 saturated carbocycles. The highest BCUT2D eigenvalue weighted by Gasteiger charge is 2.11. The predicted molar refractivity (Wildman–Crippen MR) is 80.8 cm³/mol. The summed E-state index contributed by atoms with van der Waals surface area (Å²) in [5, 5.41) is 5.12. The Morgan fingerprint density at radius 1 is 1.19 bits per heavy atom. The number of hydrogen-bond donors (Lipinski definition) is 2. The number of primary amides is 1. The molecule has 0 aliphatic carbocycles. The smallest absolute Gasteiger partial charge is 0.249 e. The number of fused-ring (bicyclic) bond motifs is 1. The van der Waals surface area contributed by atoms with Crippen LogP contribution >= 0.6 is 11.3 Å². The van der Waals surface area contributed by atoms with E-state index in [2.05, 4.69) is 5.32 Å². The maximum Gasteiger partial charge on any atom is 0.249 e. The van der Waals surface area contributed by atoms with Gasteiger partial charge in [0.25, 0.3) is 0 Å². The summed E-state index contributed by atoms with van der Waals surface area (Å²) >= 11 is 1.53. The zero-order valence-corrected chi connectivity index (χ0v) is 12.2. The molecule has 110 valence electrons. The second kappa shape index (κ2) is 6.15. The average Bonchev–Trinajstić information content (AvgIpc) is 2.96. The van der Waals surface area contributed by atoms with E-state index >= 15 is 0 Å². The van der Waals surface area contributed by atoms with Gasteiger partial charge in [-0.15, -0.1) is 11.3 Å². The van der Waals surface area contributed by atoms with Crippen LogP contribution < -0.4 is 20.5 Å². The largest absolute Gasteiger partial charge is 0.486 e. The maximum atomic E-state index is 11.0. The topological polar surface area (TPSA) is 73.6 Å². The predicted octanol–water partition coefficient (Wildman–Crippen LogP) is 1.91. The summed E-state index contributed by atoms with van der Waals surface area (Å²) in [7, 11) is 0. The maximum absolute atomic E-state index is 11.0. The highest BCUT2D eigenvalue weighted by Crippen LogP contribution is 2.30. The van der Waals surface area contributed by atoms with Gasteiger partial charge in [0.05, 0.1) is 5.56 Å². The van der Waals surface area contributed by atoms with Crippen molar-refractivity contribution in [3.63, 3.8) is 0 Å². The molecule has 0 radical (unpaired) electrons. The lowest BCUT2D eigenvalue weighted by Gasteiger charge is -2.18. The second-order valence-electron chi connectivity index (χ2n) is 4.75. The summed E-state index contributed by atoms with van der Waals surface area (Å²) in [6.07, 6.45) is 0. The van der Waals surface area contributed by atoms with Gasteiger partial charge in [-0.1, -0.05) is 6.07 Å². The molecule has 0 unspecified atom stereocenters. The van der Waals surface area contributed by atoms with Crippen LogP contribution in [0.5, 0.6) is 11.5 Å². The zero-order valence-electron chi connectivity index (χ0n) is 11.4. The molecule has 1 aromatic carbocycles. The van der Waals surface area contributed by atoms with Gasteiger partial charge in [-0.25, -0.2) is 0 Å². The lowest BCUT2D eigenvalue weighted by Crippen LogP contribution is -2.16. The molecule has 3 N–H and O–H groups in total. The second-order valence-corrected chi connectivity index (χ2v) is 5.74. The van der Waals surface area contributed by atoms with E-state index in [0.717, 1.165) is 28.5 Å². The van der Waals surface area contributed by atoms with Crippen LogP contribution in [0.3, 0.4) is 0 Å². The molecule has 3 rings (SSSR count). The van der Waals surface area contributed by atoms with Gasteiger partial charge in [0.1, 0.15) is 13.2 Å². The first-order chi connectivity index (χ1) is 10.2. The number of nitrogens with two attached hydrogens (primary N) is 1. The van der Waals surface area contributed by atoms with Gasteiger partial charge < -0.3 is 20.5 Å². The number of rotatable bonds is 5. The lowest BCUT2D eigenvalue weighted by atomic mass is 10.2. The van der Waals surface area contributed by atoms with Crippen LogP contribution in [-0.4, -0.2) is 19.1 Å². The third-order valence-corrected chi connectivity index (χ3v) is 4.11. The normalized spacial score (nSPS) is 13.1. The molecule has 1 amide bonds. The molecule has 5 nitrogen and oxygen atoms in total. The summed E-state index contributed by atoms with van der Waals surface area (Å²) in [6.45, 7) is 2.62. The van der Waals surface area contributed by atoms with E-state index in [9.17, 15) is 4.79 Å². The van der Waals surface area contributed by atoms with Crippen LogP contribution in [0, 0.1) is 0 Å². The number of benzene rings is 1. The van der Waals surface area contributed by atoms with Crippen LogP contribution in [0.15, 0.2) is 29.6 Å². The minimum absolute atomic E-state index is 0.385. The van der Waals surface area contributed by atoms with Crippen molar-refractivity contribution in [2.24, 2.45) is 5.73 Å². The Morgan fingerprint density at radius 2 is 2.00 bits per heavy atom. The Kier molecular flexibility index (Phi) is 4.08. The van der Waals surface area contributed by atoms with E-state index in [1.54, 1.807) is 5.38 Å². The number of amides is 1. The molecule has 0 spiro atoms. The van der Waals surface area contributed by atoms with Gasteiger partial charge in [-0.3, -0.25) is 4.79 Å². The first kappa shape index (κ1) is 13.9. The van der Waals surface area contributed by atoms with Crippen LogP contribution in [0.4, 0.5) is 0 Å². The number of carbonyl (C=O) groups is 1. The third-order valence-electron chi connectivity index (χ3n) is 3.17. The summed E-state index contributed by atoms with van der Waals surface area (Å²) in [4.78, 5) is 12.1. The Labute approximate surface area is 126 Å². The number of ether oxygens (including phenoxy) is 2. The number of hydrogen-bond acceptors (Lipinski definition) is 5. The van der Waals surface area contributed by atoms with Crippen molar-refractivity contribution in [1.29, 1.82) is 0 Å². The van der Waals surface area contributed by atoms with E-state index in [1.807, 2.05) is 24.3 Å². The molecule has 1 aliphatic rings. The molecule has 0 saturated heterocycles. The van der Waals surface area contributed by atoms with E-state index in [4.69, 9.17) is 15.2 Å². The fourth-order valence-electron chi connectivity index (χ4n) is 2.13. The Balaban J connectivity index is 1.56. The fourth-order valence-corrected chi connectivity index (χ4v) is 2.97. The van der Waals surface area contributed by atoms with Gasteiger partial charge in [0.15, 0.2) is 11.5 Å². The van der Waals surface area contributed by atoms with Crippen molar-refractivity contribution >= 4 is 17.2 Å². The molecule has 2 aromatic rings. The SMILES string of the molecule is NC(=O)c1csc(CNCc2ccc3c(c2)OCCO3)c1.